The smallest absolute Gasteiger partial charge is 0.261 e. The lowest BCUT2D eigenvalue weighted by molar-refractivity contribution is -0.0395. The average molecular weight is 462 g/mol. The van der Waals surface area contributed by atoms with E-state index in [0.717, 1.165) is 22.3 Å². The molecule has 1 amide bonds. The number of aliphatic hydroxyl groups is 1. The summed E-state index contributed by atoms with van der Waals surface area (Å²) in [6.07, 6.45) is 2.70. The maximum absolute atomic E-state index is 13.4. The summed E-state index contributed by atoms with van der Waals surface area (Å²) in [6.45, 7) is 10.5. The molecule has 1 saturated heterocycles. The number of nitrogens with zero attached hydrogens (tertiary/aromatic N) is 2. The Balaban J connectivity index is 1.65. The number of carbonyl (C=O) groups is 1. The Kier molecular flexibility index (Phi) is 6.95. The molecule has 2 N–H and O–H groups in total. The van der Waals surface area contributed by atoms with Crippen molar-refractivity contribution in [2.75, 3.05) is 13.2 Å². The fourth-order valence-electron chi connectivity index (χ4n) is 4.38. The summed E-state index contributed by atoms with van der Waals surface area (Å²) < 4.78 is 6.86. The van der Waals surface area contributed by atoms with Gasteiger partial charge in [0.05, 0.1) is 36.0 Å². The first-order valence-electron chi connectivity index (χ1n) is 11.6. The van der Waals surface area contributed by atoms with Crippen LogP contribution in [0, 0.1) is 13.8 Å². The molecule has 7 heteroatoms. The second-order valence-electron chi connectivity index (χ2n) is 8.92. The van der Waals surface area contributed by atoms with Crippen LogP contribution in [0.1, 0.15) is 58.4 Å². The maximum Gasteiger partial charge on any atom is 0.261 e. The number of fused-ring (bicyclic) bond motifs is 1. The van der Waals surface area contributed by atoms with Gasteiger partial charge in [-0.15, -0.1) is 0 Å². The number of aromatic nitrogens is 2. The van der Waals surface area contributed by atoms with Crippen molar-refractivity contribution in [1.82, 2.24) is 14.9 Å². The monoisotopic (exact) mass is 461 g/mol. The van der Waals surface area contributed by atoms with Crippen molar-refractivity contribution >= 4 is 16.8 Å². The first kappa shape index (κ1) is 23.9. The normalized spacial score (nSPS) is 18.1. The molecular weight excluding hydrogens is 430 g/mol. The lowest BCUT2D eigenvalue weighted by Gasteiger charge is -2.29. The number of benzene rings is 2. The molecule has 2 atom stereocenters. The van der Waals surface area contributed by atoms with Crippen LogP contribution >= 0.6 is 0 Å². The van der Waals surface area contributed by atoms with Crippen LogP contribution in [0.25, 0.3) is 10.9 Å². The summed E-state index contributed by atoms with van der Waals surface area (Å²) in [5.41, 5.74) is 5.93. The van der Waals surface area contributed by atoms with Crippen molar-refractivity contribution in [3.63, 3.8) is 0 Å². The van der Waals surface area contributed by atoms with Crippen molar-refractivity contribution in [3.8, 4) is 0 Å². The zero-order valence-electron chi connectivity index (χ0n) is 19.9. The standard InChI is InChI=1S/C27H31N3O4/c1-5-16(2)29-26(32)20-8-6-19(7-9-20)12-21-13-22-25(18(4)17(21)3)28-15-30(27(22)33)23-10-11-34-14-24(23)31/h6-9,13,15,23-24,31H,2,5,10-12,14H2,1,3-4H3,(H,29,32)/t23-,24-/m0/s1. The minimum absolute atomic E-state index is 0.150. The minimum Gasteiger partial charge on any atom is -0.389 e. The number of allylic oxidation sites excluding steroid dienone is 1. The third-order valence-corrected chi connectivity index (χ3v) is 6.73. The highest BCUT2D eigenvalue weighted by Crippen LogP contribution is 2.26. The summed E-state index contributed by atoms with van der Waals surface area (Å²) in [5.74, 6) is -0.168. The van der Waals surface area contributed by atoms with E-state index in [0.29, 0.717) is 48.0 Å². The van der Waals surface area contributed by atoms with Gasteiger partial charge in [-0.2, -0.15) is 0 Å². The fraction of sp³-hybridized carbons (Fsp3) is 0.370. The Labute approximate surface area is 199 Å². The van der Waals surface area contributed by atoms with Gasteiger partial charge < -0.3 is 15.2 Å². The quantitative estimate of drug-likeness (QED) is 0.585. The molecule has 4 rings (SSSR count). The number of amides is 1. The highest BCUT2D eigenvalue weighted by atomic mass is 16.5. The van der Waals surface area contributed by atoms with E-state index in [2.05, 4.69) is 16.9 Å². The number of aryl methyl sites for hydroxylation is 1. The van der Waals surface area contributed by atoms with Crippen molar-refractivity contribution in [2.45, 2.75) is 52.2 Å². The van der Waals surface area contributed by atoms with Crippen molar-refractivity contribution in [2.24, 2.45) is 0 Å². The third-order valence-electron chi connectivity index (χ3n) is 6.73. The molecule has 1 fully saturated rings. The number of hydrogen-bond acceptors (Lipinski definition) is 5. The van der Waals surface area contributed by atoms with Gasteiger partial charge in [-0.1, -0.05) is 25.6 Å². The molecule has 1 aliphatic rings. The van der Waals surface area contributed by atoms with E-state index in [1.54, 1.807) is 23.0 Å². The van der Waals surface area contributed by atoms with Gasteiger partial charge >= 0.3 is 0 Å². The van der Waals surface area contributed by atoms with Crippen molar-refractivity contribution in [3.05, 3.63) is 87.1 Å². The number of nitrogens with one attached hydrogen (secondary N) is 1. The van der Waals surface area contributed by atoms with Gasteiger partial charge in [-0.25, -0.2) is 4.98 Å². The van der Waals surface area contributed by atoms with E-state index in [4.69, 9.17) is 4.74 Å². The average Bonchev–Trinajstić information content (AvgIpc) is 2.84. The molecule has 7 nitrogen and oxygen atoms in total. The first-order valence-corrected chi connectivity index (χ1v) is 11.6. The second-order valence-corrected chi connectivity index (χ2v) is 8.92. The number of aliphatic hydroxyl groups excluding tert-OH is 1. The van der Waals surface area contributed by atoms with Crippen LogP contribution in [0.4, 0.5) is 0 Å². The summed E-state index contributed by atoms with van der Waals surface area (Å²) >= 11 is 0. The van der Waals surface area contributed by atoms with E-state index < -0.39 is 6.10 Å². The maximum atomic E-state index is 13.4. The van der Waals surface area contributed by atoms with Crippen LogP contribution in [0.3, 0.4) is 0 Å². The summed E-state index contributed by atoms with van der Waals surface area (Å²) in [7, 11) is 0. The van der Waals surface area contributed by atoms with E-state index in [1.165, 1.54) is 0 Å². The molecule has 2 heterocycles. The molecule has 1 aromatic heterocycles. The van der Waals surface area contributed by atoms with Gasteiger partial charge in [-0.3, -0.25) is 14.2 Å². The number of hydrogen-bond donors (Lipinski definition) is 2. The molecular formula is C27H31N3O4. The fourth-order valence-corrected chi connectivity index (χ4v) is 4.38. The van der Waals surface area contributed by atoms with Crippen molar-refractivity contribution < 1.29 is 14.6 Å². The Hall–Kier alpha value is -3.29. The molecule has 0 radical (unpaired) electrons. The lowest BCUT2D eigenvalue weighted by atomic mass is 9.94. The summed E-state index contributed by atoms with van der Waals surface area (Å²) in [6, 6.07) is 9.05. The van der Waals surface area contributed by atoms with Gasteiger partial charge in [-0.05, 0) is 73.6 Å². The molecule has 0 bridgehead atoms. The molecule has 0 saturated carbocycles. The molecule has 0 aliphatic carbocycles. The zero-order chi connectivity index (χ0) is 24.4. The second kappa shape index (κ2) is 9.91. The van der Waals surface area contributed by atoms with E-state index in [1.807, 2.05) is 39.0 Å². The Bertz CT molecular complexity index is 1290. The van der Waals surface area contributed by atoms with Crippen LogP contribution in [0.5, 0.6) is 0 Å². The summed E-state index contributed by atoms with van der Waals surface area (Å²) in [4.78, 5) is 30.3. The van der Waals surface area contributed by atoms with Crippen LogP contribution in [-0.4, -0.2) is 39.9 Å². The highest BCUT2D eigenvalue weighted by Gasteiger charge is 2.27. The Morgan fingerprint density at radius 3 is 2.68 bits per heavy atom. The number of carbonyl (C=O) groups excluding carboxylic acids is 1. The number of rotatable bonds is 6. The van der Waals surface area contributed by atoms with Gasteiger partial charge in [0, 0.05) is 17.9 Å². The minimum atomic E-state index is -0.734. The lowest BCUT2D eigenvalue weighted by Crippen LogP contribution is -2.39. The van der Waals surface area contributed by atoms with Gasteiger partial charge in [0.1, 0.15) is 0 Å². The predicted molar refractivity (Wildman–Crippen MR) is 132 cm³/mol. The molecule has 3 aromatic rings. The van der Waals surface area contributed by atoms with Crippen LogP contribution in [-0.2, 0) is 11.2 Å². The van der Waals surface area contributed by atoms with Crippen LogP contribution in [0.15, 0.2) is 53.7 Å². The molecule has 1 aliphatic heterocycles. The predicted octanol–water partition coefficient (Wildman–Crippen LogP) is 3.58. The molecule has 178 valence electrons. The van der Waals surface area contributed by atoms with Crippen molar-refractivity contribution in [1.29, 1.82) is 0 Å². The van der Waals surface area contributed by atoms with Gasteiger partial charge in [0.2, 0.25) is 0 Å². The van der Waals surface area contributed by atoms with E-state index in [-0.39, 0.29) is 24.1 Å². The molecule has 34 heavy (non-hydrogen) atoms. The number of ether oxygens (including phenoxy) is 1. The molecule has 0 unspecified atom stereocenters. The Morgan fingerprint density at radius 2 is 2.00 bits per heavy atom. The highest BCUT2D eigenvalue weighted by molar-refractivity contribution is 5.95. The molecule has 0 spiro atoms. The van der Waals surface area contributed by atoms with E-state index in [9.17, 15) is 14.7 Å². The van der Waals surface area contributed by atoms with E-state index >= 15 is 0 Å². The Morgan fingerprint density at radius 1 is 1.26 bits per heavy atom. The van der Waals surface area contributed by atoms with Crippen LogP contribution < -0.4 is 10.9 Å². The van der Waals surface area contributed by atoms with Gasteiger partial charge in [0.25, 0.3) is 11.5 Å². The first-order chi connectivity index (χ1) is 16.3. The molecule has 2 aromatic carbocycles. The van der Waals surface area contributed by atoms with Crippen LogP contribution in [0.2, 0.25) is 0 Å². The summed E-state index contributed by atoms with van der Waals surface area (Å²) in [5, 5.41) is 13.7. The largest absolute Gasteiger partial charge is 0.389 e. The zero-order valence-corrected chi connectivity index (χ0v) is 19.9. The SMILES string of the molecule is C=C(CC)NC(=O)c1ccc(Cc2cc3c(=O)n([C@H]4CCOC[C@@H]4O)cnc3c(C)c2C)cc1. The third kappa shape index (κ3) is 4.67. The van der Waals surface area contributed by atoms with Gasteiger partial charge in [0.15, 0.2) is 0 Å². The topological polar surface area (TPSA) is 93.5 Å².